The first kappa shape index (κ1) is 11.7. The van der Waals surface area contributed by atoms with Crippen molar-refractivity contribution in [1.29, 1.82) is 0 Å². The lowest BCUT2D eigenvalue weighted by molar-refractivity contribution is -0.119. The fourth-order valence-electron chi connectivity index (χ4n) is 1.43. The van der Waals surface area contributed by atoms with Crippen molar-refractivity contribution >= 4 is 27.9 Å². The average Bonchev–Trinajstić information content (AvgIpc) is 2.59. The summed E-state index contributed by atoms with van der Waals surface area (Å²) in [5.74, 6) is -0.458. The van der Waals surface area contributed by atoms with Crippen molar-refractivity contribution in [2.45, 2.75) is 11.8 Å². The van der Waals surface area contributed by atoms with E-state index in [2.05, 4.69) is 5.10 Å². The van der Waals surface area contributed by atoms with Crippen molar-refractivity contribution in [3.63, 3.8) is 0 Å². The van der Waals surface area contributed by atoms with Gasteiger partial charge in [-0.1, -0.05) is 0 Å². The first-order valence-electron chi connectivity index (χ1n) is 4.85. The largest absolute Gasteiger partial charge is 0.294 e. The van der Waals surface area contributed by atoms with Crippen LogP contribution in [0.5, 0.6) is 0 Å². The maximum Gasteiger partial charge on any atom is 0.294 e. The van der Waals surface area contributed by atoms with Gasteiger partial charge in [-0.3, -0.25) is 9.35 Å². The lowest BCUT2D eigenvalue weighted by Crippen LogP contribution is -2.24. The third kappa shape index (κ3) is 2.20. The summed E-state index contributed by atoms with van der Waals surface area (Å²) >= 11 is 0. The summed E-state index contributed by atoms with van der Waals surface area (Å²) in [4.78, 5) is 11.4. The van der Waals surface area contributed by atoms with Gasteiger partial charge in [0, 0.05) is 6.21 Å². The fourth-order valence-corrected chi connectivity index (χ4v) is 1.91. The third-order valence-corrected chi connectivity index (χ3v) is 3.25. The summed E-state index contributed by atoms with van der Waals surface area (Å²) in [6.45, 7) is 1.72. The first-order chi connectivity index (χ1) is 7.89. The van der Waals surface area contributed by atoms with Crippen LogP contribution in [-0.2, 0) is 14.9 Å². The molecule has 6 nitrogen and oxygen atoms in total. The minimum absolute atomic E-state index is 0.176. The number of nitrogens with zero attached hydrogens (tertiary/aromatic N) is 2. The zero-order valence-electron chi connectivity index (χ0n) is 8.94. The van der Waals surface area contributed by atoms with E-state index in [1.807, 2.05) is 0 Å². The summed E-state index contributed by atoms with van der Waals surface area (Å²) in [5.41, 5.74) is 0.461. The lowest BCUT2D eigenvalue weighted by atomic mass is 10.2. The van der Waals surface area contributed by atoms with Gasteiger partial charge in [-0.05, 0) is 31.2 Å². The highest BCUT2D eigenvalue weighted by atomic mass is 32.2. The highest BCUT2D eigenvalue weighted by Crippen LogP contribution is 2.22. The predicted octanol–water partition coefficient (Wildman–Crippen LogP) is 0.902. The number of rotatable bonds is 2. The van der Waals surface area contributed by atoms with E-state index in [1.54, 1.807) is 6.92 Å². The molecule has 0 spiro atoms. The van der Waals surface area contributed by atoms with Gasteiger partial charge < -0.3 is 0 Å². The van der Waals surface area contributed by atoms with E-state index >= 15 is 0 Å². The standard InChI is InChI=1S/C10H10N2O4S/c1-7-6-11-12(10(7)13)8-2-4-9(5-3-8)17(14,15)16/h2-7H,1H3,(H,14,15,16). The van der Waals surface area contributed by atoms with Crippen LogP contribution in [0.4, 0.5) is 5.69 Å². The average molecular weight is 254 g/mol. The third-order valence-electron chi connectivity index (χ3n) is 2.38. The normalized spacial score (nSPS) is 20.0. The molecule has 0 saturated carbocycles. The second-order valence-electron chi connectivity index (χ2n) is 3.67. The molecule has 17 heavy (non-hydrogen) atoms. The number of anilines is 1. The maximum atomic E-state index is 11.6. The Morgan fingerprint density at radius 2 is 1.88 bits per heavy atom. The highest BCUT2D eigenvalue weighted by Gasteiger charge is 2.25. The summed E-state index contributed by atoms with van der Waals surface area (Å²) in [6, 6.07) is 5.26. The van der Waals surface area contributed by atoms with E-state index in [0.717, 1.165) is 0 Å². The van der Waals surface area contributed by atoms with Gasteiger partial charge in [0.1, 0.15) is 0 Å². The maximum absolute atomic E-state index is 11.6. The van der Waals surface area contributed by atoms with E-state index in [1.165, 1.54) is 35.5 Å². The molecular formula is C10H10N2O4S. The molecule has 1 N–H and O–H groups in total. The molecule has 1 aliphatic heterocycles. The molecule has 1 heterocycles. The molecule has 1 aliphatic rings. The highest BCUT2D eigenvalue weighted by molar-refractivity contribution is 7.85. The first-order valence-corrected chi connectivity index (χ1v) is 6.29. The molecule has 0 saturated heterocycles. The Hall–Kier alpha value is -1.73. The van der Waals surface area contributed by atoms with Gasteiger partial charge in [-0.25, -0.2) is 5.01 Å². The lowest BCUT2D eigenvalue weighted by Gasteiger charge is -2.12. The number of carbonyl (C=O) groups is 1. The van der Waals surface area contributed by atoms with Crippen LogP contribution < -0.4 is 5.01 Å². The van der Waals surface area contributed by atoms with Gasteiger partial charge in [-0.15, -0.1) is 0 Å². The molecule has 0 radical (unpaired) electrons. The van der Waals surface area contributed by atoms with Gasteiger partial charge in [0.05, 0.1) is 16.5 Å². The molecule has 1 unspecified atom stereocenters. The van der Waals surface area contributed by atoms with Crippen molar-refractivity contribution in [1.82, 2.24) is 0 Å². The fraction of sp³-hybridized carbons (Fsp3) is 0.200. The molecule has 1 amide bonds. The van der Waals surface area contributed by atoms with Gasteiger partial charge in [0.15, 0.2) is 0 Å². The molecule has 1 atom stereocenters. The number of amides is 1. The molecule has 0 aliphatic carbocycles. The van der Waals surface area contributed by atoms with E-state index in [4.69, 9.17) is 4.55 Å². The molecular weight excluding hydrogens is 244 g/mol. The molecule has 0 fully saturated rings. The summed E-state index contributed by atoms with van der Waals surface area (Å²) in [6.07, 6.45) is 1.51. The second kappa shape index (κ2) is 3.94. The van der Waals surface area contributed by atoms with E-state index in [-0.39, 0.29) is 16.7 Å². The topological polar surface area (TPSA) is 87.0 Å². The quantitative estimate of drug-likeness (QED) is 0.794. The number of benzene rings is 1. The van der Waals surface area contributed by atoms with Gasteiger partial charge in [0.25, 0.3) is 16.0 Å². The predicted molar refractivity (Wildman–Crippen MR) is 61.4 cm³/mol. The van der Waals surface area contributed by atoms with Crippen LogP contribution in [-0.4, -0.2) is 25.1 Å². The smallest absolute Gasteiger partial charge is 0.282 e. The Morgan fingerprint density at radius 3 is 2.29 bits per heavy atom. The number of carbonyl (C=O) groups excluding carboxylic acids is 1. The van der Waals surface area contributed by atoms with Crippen LogP contribution in [0.25, 0.3) is 0 Å². The Kier molecular flexibility index (Phi) is 2.72. The molecule has 1 aromatic carbocycles. The number of hydrogen-bond donors (Lipinski definition) is 1. The van der Waals surface area contributed by atoms with Crippen LogP contribution >= 0.6 is 0 Å². The van der Waals surface area contributed by atoms with Gasteiger partial charge in [0.2, 0.25) is 0 Å². The molecule has 1 aromatic rings. The van der Waals surface area contributed by atoms with Crippen molar-refractivity contribution in [3.8, 4) is 0 Å². The van der Waals surface area contributed by atoms with Crippen molar-refractivity contribution < 1.29 is 17.8 Å². The van der Waals surface area contributed by atoms with E-state index in [0.29, 0.717) is 5.69 Å². The SMILES string of the molecule is CC1C=NN(c2ccc(S(=O)(=O)O)cc2)C1=O. The van der Waals surface area contributed by atoms with Gasteiger partial charge >= 0.3 is 0 Å². The molecule has 90 valence electrons. The summed E-state index contributed by atoms with van der Waals surface area (Å²) in [5, 5.41) is 5.10. The Balaban J connectivity index is 2.31. The number of hydrogen-bond acceptors (Lipinski definition) is 4. The van der Waals surface area contributed by atoms with Crippen LogP contribution in [0, 0.1) is 5.92 Å². The van der Waals surface area contributed by atoms with Gasteiger partial charge in [-0.2, -0.15) is 13.5 Å². The Labute approximate surface area is 98.3 Å². The van der Waals surface area contributed by atoms with Crippen molar-refractivity contribution in [2.24, 2.45) is 11.0 Å². The molecule has 2 rings (SSSR count). The summed E-state index contributed by atoms with van der Waals surface area (Å²) < 4.78 is 30.5. The van der Waals surface area contributed by atoms with Crippen LogP contribution in [0.2, 0.25) is 0 Å². The Bertz CT molecular complexity index is 577. The molecule has 0 aromatic heterocycles. The molecule has 7 heteroatoms. The van der Waals surface area contributed by atoms with E-state index in [9.17, 15) is 13.2 Å². The van der Waals surface area contributed by atoms with Crippen LogP contribution in [0.3, 0.4) is 0 Å². The summed E-state index contributed by atoms with van der Waals surface area (Å²) in [7, 11) is -4.21. The second-order valence-corrected chi connectivity index (χ2v) is 5.09. The van der Waals surface area contributed by atoms with Crippen molar-refractivity contribution in [2.75, 3.05) is 5.01 Å². The monoisotopic (exact) mass is 254 g/mol. The van der Waals surface area contributed by atoms with Crippen LogP contribution in [0.1, 0.15) is 6.92 Å². The zero-order chi connectivity index (χ0) is 12.6. The number of hydrazone groups is 1. The van der Waals surface area contributed by atoms with E-state index < -0.39 is 10.1 Å². The minimum atomic E-state index is -4.21. The van der Waals surface area contributed by atoms with Crippen molar-refractivity contribution in [3.05, 3.63) is 24.3 Å². The Morgan fingerprint density at radius 1 is 1.29 bits per heavy atom. The zero-order valence-corrected chi connectivity index (χ0v) is 9.76. The molecule has 0 bridgehead atoms. The minimum Gasteiger partial charge on any atom is -0.282 e. The van der Waals surface area contributed by atoms with Crippen LogP contribution in [0.15, 0.2) is 34.3 Å².